The number of piperazine rings is 1. The molecule has 4 heteroatoms. The van der Waals surface area contributed by atoms with Gasteiger partial charge < -0.3 is 10.2 Å². The first-order chi connectivity index (χ1) is 9.66. The molecule has 1 aliphatic heterocycles. The van der Waals surface area contributed by atoms with E-state index in [9.17, 15) is 4.79 Å². The zero-order chi connectivity index (χ0) is 14.4. The highest BCUT2D eigenvalue weighted by molar-refractivity contribution is 7.99. The summed E-state index contributed by atoms with van der Waals surface area (Å²) in [5, 5.41) is 3.27. The number of nitrogens with one attached hydrogen (secondary N) is 1. The van der Waals surface area contributed by atoms with Crippen LogP contribution in [-0.4, -0.2) is 42.7 Å². The van der Waals surface area contributed by atoms with Crippen LogP contribution in [0.4, 0.5) is 0 Å². The molecule has 1 saturated heterocycles. The lowest BCUT2D eigenvalue weighted by molar-refractivity contribution is -0.131. The Labute approximate surface area is 126 Å². The average molecular weight is 292 g/mol. The quantitative estimate of drug-likeness (QED) is 0.847. The number of carbonyl (C=O) groups excluding carboxylic acids is 1. The molecule has 0 radical (unpaired) electrons. The van der Waals surface area contributed by atoms with Crippen LogP contribution in [0, 0.1) is 0 Å². The Morgan fingerprint density at radius 3 is 2.50 bits per heavy atom. The molecule has 20 heavy (non-hydrogen) atoms. The minimum atomic E-state index is 0.290. The summed E-state index contributed by atoms with van der Waals surface area (Å²) < 4.78 is 0. The summed E-state index contributed by atoms with van der Waals surface area (Å²) in [6, 6.07) is 8.70. The van der Waals surface area contributed by atoms with Crippen molar-refractivity contribution in [2.75, 3.05) is 31.9 Å². The van der Waals surface area contributed by atoms with E-state index in [1.807, 2.05) is 4.90 Å². The van der Waals surface area contributed by atoms with E-state index in [4.69, 9.17) is 0 Å². The molecule has 0 aromatic heterocycles. The third kappa shape index (κ3) is 4.53. The molecule has 0 bridgehead atoms. The summed E-state index contributed by atoms with van der Waals surface area (Å²) in [5.74, 6) is 1.73. The number of nitrogens with zero attached hydrogens (tertiary/aromatic N) is 1. The highest BCUT2D eigenvalue weighted by atomic mass is 32.2. The standard InChI is InChI=1S/C16H24N2OS/c1-13(2)14-3-5-15(6-4-14)20-12-7-16(19)18-10-8-17-9-11-18/h3-6,13,17H,7-12H2,1-2H3. The molecule has 3 nitrogen and oxygen atoms in total. The number of amides is 1. The van der Waals surface area contributed by atoms with Gasteiger partial charge in [0, 0.05) is 43.2 Å². The average Bonchev–Trinajstić information content (AvgIpc) is 2.48. The first-order valence-corrected chi connectivity index (χ1v) is 8.36. The number of hydrogen-bond donors (Lipinski definition) is 1. The van der Waals surface area contributed by atoms with Crippen LogP contribution in [0.1, 0.15) is 31.7 Å². The summed E-state index contributed by atoms with van der Waals surface area (Å²) in [7, 11) is 0. The van der Waals surface area contributed by atoms with Crippen molar-refractivity contribution in [1.82, 2.24) is 10.2 Å². The molecule has 2 rings (SSSR count). The topological polar surface area (TPSA) is 32.3 Å². The van der Waals surface area contributed by atoms with Crippen LogP contribution in [0.2, 0.25) is 0 Å². The van der Waals surface area contributed by atoms with Crippen molar-refractivity contribution in [2.45, 2.75) is 31.1 Å². The van der Waals surface area contributed by atoms with E-state index >= 15 is 0 Å². The van der Waals surface area contributed by atoms with Gasteiger partial charge in [0.15, 0.2) is 0 Å². The Hall–Kier alpha value is -1.00. The predicted molar refractivity (Wildman–Crippen MR) is 85.3 cm³/mol. The van der Waals surface area contributed by atoms with E-state index in [-0.39, 0.29) is 5.91 Å². The summed E-state index contributed by atoms with van der Waals surface area (Å²) >= 11 is 1.77. The zero-order valence-electron chi connectivity index (χ0n) is 12.4. The Kier molecular flexibility index (Phi) is 5.92. The van der Waals surface area contributed by atoms with E-state index in [0.29, 0.717) is 12.3 Å². The van der Waals surface area contributed by atoms with Crippen molar-refractivity contribution in [3.05, 3.63) is 29.8 Å². The fourth-order valence-corrected chi connectivity index (χ4v) is 3.12. The third-order valence-corrected chi connectivity index (χ3v) is 4.61. The maximum atomic E-state index is 12.0. The molecule has 1 aromatic carbocycles. The molecular formula is C16H24N2OS. The first-order valence-electron chi connectivity index (χ1n) is 7.38. The smallest absolute Gasteiger partial charge is 0.223 e. The maximum Gasteiger partial charge on any atom is 0.223 e. The Morgan fingerprint density at radius 1 is 1.25 bits per heavy atom. The van der Waals surface area contributed by atoms with E-state index in [1.165, 1.54) is 10.5 Å². The van der Waals surface area contributed by atoms with Crippen LogP contribution in [0.15, 0.2) is 29.2 Å². The second-order valence-corrected chi connectivity index (χ2v) is 6.62. The maximum absolute atomic E-state index is 12.0. The van der Waals surface area contributed by atoms with Crippen molar-refractivity contribution in [1.29, 1.82) is 0 Å². The normalized spacial score (nSPS) is 15.7. The molecule has 1 heterocycles. The van der Waals surface area contributed by atoms with Gasteiger partial charge in [0.05, 0.1) is 0 Å². The SMILES string of the molecule is CC(C)c1ccc(SCCC(=O)N2CCNCC2)cc1. The van der Waals surface area contributed by atoms with Gasteiger partial charge in [-0.2, -0.15) is 0 Å². The number of rotatable bonds is 5. The molecule has 1 aliphatic rings. The second-order valence-electron chi connectivity index (χ2n) is 5.45. The van der Waals surface area contributed by atoms with Crippen LogP contribution in [0.25, 0.3) is 0 Å². The van der Waals surface area contributed by atoms with E-state index in [0.717, 1.165) is 31.9 Å². The second kappa shape index (κ2) is 7.70. The molecular weight excluding hydrogens is 268 g/mol. The summed E-state index contributed by atoms with van der Waals surface area (Å²) in [6.45, 7) is 7.97. The Morgan fingerprint density at radius 2 is 1.90 bits per heavy atom. The van der Waals surface area contributed by atoms with Gasteiger partial charge in [0.1, 0.15) is 0 Å². The summed E-state index contributed by atoms with van der Waals surface area (Å²) in [6.07, 6.45) is 0.636. The van der Waals surface area contributed by atoms with Gasteiger partial charge in [-0.05, 0) is 23.6 Å². The van der Waals surface area contributed by atoms with Crippen molar-refractivity contribution < 1.29 is 4.79 Å². The van der Waals surface area contributed by atoms with Crippen molar-refractivity contribution in [3.8, 4) is 0 Å². The first kappa shape index (κ1) is 15.4. The van der Waals surface area contributed by atoms with Crippen molar-refractivity contribution in [3.63, 3.8) is 0 Å². The lowest BCUT2D eigenvalue weighted by Gasteiger charge is -2.27. The Balaban J connectivity index is 1.73. The van der Waals surface area contributed by atoms with Crippen molar-refractivity contribution in [2.24, 2.45) is 0 Å². The molecule has 110 valence electrons. The molecule has 0 saturated carbocycles. The van der Waals surface area contributed by atoms with Gasteiger partial charge in [0.2, 0.25) is 5.91 Å². The number of hydrogen-bond acceptors (Lipinski definition) is 3. The van der Waals surface area contributed by atoms with Crippen LogP contribution in [0.3, 0.4) is 0 Å². The molecule has 1 amide bonds. The molecule has 0 atom stereocenters. The fourth-order valence-electron chi connectivity index (χ4n) is 2.28. The molecule has 0 aliphatic carbocycles. The predicted octanol–water partition coefficient (Wildman–Crippen LogP) is 2.72. The van der Waals surface area contributed by atoms with E-state index in [1.54, 1.807) is 11.8 Å². The van der Waals surface area contributed by atoms with Crippen LogP contribution in [0.5, 0.6) is 0 Å². The largest absolute Gasteiger partial charge is 0.340 e. The zero-order valence-corrected chi connectivity index (χ0v) is 13.2. The van der Waals surface area contributed by atoms with E-state index in [2.05, 4.69) is 43.4 Å². The van der Waals surface area contributed by atoms with Gasteiger partial charge in [0.25, 0.3) is 0 Å². The van der Waals surface area contributed by atoms with Crippen LogP contribution >= 0.6 is 11.8 Å². The van der Waals surface area contributed by atoms with Gasteiger partial charge in [-0.1, -0.05) is 26.0 Å². The summed E-state index contributed by atoms with van der Waals surface area (Å²) in [4.78, 5) is 15.2. The molecule has 1 N–H and O–H groups in total. The minimum Gasteiger partial charge on any atom is -0.340 e. The monoisotopic (exact) mass is 292 g/mol. The molecule has 0 unspecified atom stereocenters. The van der Waals surface area contributed by atoms with E-state index < -0.39 is 0 Å². The van der Waals surface area contributed by atoms with Crippen LogP contribution in [-0.2, 0) is 4.79 Å². The van der Waals surface area contributed by atoms with Gasteiger partial charge in [-0.15, -0.1) is 11.8 Å². The lowest BCUT2D eigenvalue weighted by Crippen LogP contribution is -2.46. The highest BCUT2D eigenvalue weighted by Crippen LogP contribution is 2.22. The van der Waals surface area contributed by atoms with Gasteiger partial charge >= 0.3 is 0 Å². The summed E-state index contributed by atoms with van der Waals surface area (Å²) in [5.41, 5.74) is 1.37. The Bertz CT molecular complexity index is 425. The third-order valence-electron chi connectivity index (χ3n) is 3.60. The number of thioether (sulfide) groups is 1. The fraction of sp³-hybridized carbons (Fsp3) is 0.562. The molecule has 0 spiro atoms. The van der Waals surface area contributed by atoms with Gasteiger partial charge in [-0.3, -0.25) is 4.79 Å². The highest BCUT2D eigenvalue weighted by Gasteiger charge is 2.15. The number of carbonyl (C=O) groups is 1. The minimum absolute atomic E-state index is 0.290. The lowest BCUT2D eigenvalue weighted by atomic mass is 10.0. The molecule has 1 aromatic rings. The van der Waals surface area contributed by atoms with Crippen LogP contribution < -0.4 is 5.32 Å². The molecule has 1 fully saturated rings. The van der Waals surface area contributed by atoms with Gasteiger partial charge in [-0.25, -0.2) is 0 Å². The van der Waals surface area contributed by atoms with Crippen molar-refractivity contribution >= 4 is 17.7 Å². The number of benzene rings is 1.